The molecule has 0 aromatic heterocycles. The minimum atomic E-state index is 0.589. The lowest BCUT2D eigenvalue weighted by Crippen LogP contribution is -2.03. The molecule has 0 heterocycles. The van der Waals surface area contributed by atoms with Gasteiger partial charge in [0, 0.05) is 11.3 Å². The lowest BCUT2D eigenvalue weighted by Gasteiger charge is -2.10. The second-order valence-corrected chi connectivity index (χ2v) is 5.14. The fourth-order valence-corrected chi connectivity index (χ4v) is 2.20. The zero-order chi connectivity index (χ0) is 12.3. The van der Waals surface area contributed by atoms with Gasteiger partial charge in [0.15, 0.2) is 0 Å². The molecule has 0 aliphatic heterocycles. The minimum absolute atomic E-state index is 0.589. The van der Waals surface area contributed by atoms with Gasteiger partial charge in [0.25, 0.3) is 0 Å². The highest BCUT2D eigenvalue weighted by Gasteiger charge is 2.07. The van der Waals surface area contributed by atoms with Crippen LogP contribution in [0.5, 0.6) is 0 Å². The molecule has 0 N–H and O–H groups in total. The van der Waals surface area contributed by atoms with E-state index in [2.05, 4.69) is 12.5 Å². The number of hydrogen-bond donors (Lipinski definition) is 0. The standard InChI is InChI=1S/C14H11Cl2S/c15-12-8-6-10(9-13(12)16)5-7-11-3-1-2-4-14(11)17/h1-3,6-9H,4-5H2. The second kappa shape index (κ2) is 5.81. The van der Waals surface area contributed by atoms with Gasteiger partial charge in [0.05, 0.1) is 10.0 Å². The summed E-state index contributed by atoms with van der Waals surface area (Å²) in [4.78, 5) is 0.993. The molecule has 1 aromatic carbocycles. The Bertz CT molecular complexity index is 501. The SMILES string of the molecule is S=C1CC=CC=C1[CH]Cc1ccc(Cl)c(Cl)c1. The summed E-state index contributed by atoms with van der Waals surface area (Å²) in [7, 11) is 0. The van der Waals surface area contributed by atoms with Crippen molar-refractivity contribution in [1.29, 1.82) is 0 Å². The first kappa shape index (κ1) is 12.8. The first-order valence-corrected chi connectivity index (χ1v) is 6.50. The van der Waals surface area contributed by atoms with Crippen LogP contribution in [0.25, 0.3) is 0 Å². The van der Waals surface area contributed by atoms with Gasteiger partial charge in [-0.1, -0.05) is 59.7 Å². The number of benzene rings is 1. The highest BCUT2D eigenvalue weighted by atomic mass is 35.5. The summed E-state index contributed by atoms with van der Waals surface area (Å²) in [6.07, 6.45) is 9.96. The van der Waals surface area contributed by atoms with E-state index in [-0.39, 0.29) is 0 Å². The van der Waals surface area contributed by atoms with Crippen LogP contribution in [-0.4, -0.2) is 4.86 Å². The Hall–Kier alpha value is -0.630. The van der Waals surface area contributed by atoms with Crippen LogP contribution in [-0.2, 0) is 6.42 Å². The summed E-state index contributed by atoms with van der Waals surface area (Å²) in [5.41, 5.74) is 2.27. The Kier molecular flexibility index (Phi) is 4.38. The molecule has 0 unspecified atom stereocenters. The second-order valence-electron chi connectivity index (χ2n) is 3.83. The predicted molar refractivity (Wildman–Crippen MR) is 78.9 cm³/mol. The zero-order valence-electron chi connectivity index (χ0n) is 9.12. The van der Waals surface area contributed by atoms with Crippen LogP contribution in [0.4, 0.5) is 0 Å². The van der Waals surface area contributed by atoms with Gasteiger partial charge in [-0.05, 0) is 36.1 Å². The third-order valence-electron chi connectivity index (χ3n) is 2.58. The minimum Gasteiger partial charge on any atom is -0.0843 e. The molecule has 0 atom stereocenters. The van der Waals surface area contributed by atoms with E-state index in [1.807, 2.05) is 30.4 Å². The summed E-state index contributed by atoms with van der Waals surface area (Å²) in [5, 5.41) is 1.18. The number of allylic oxidation sites excluding steroid dienone is 4. The molecule has 0 bridgehead atoms. The average molecular weight is 282 g/mol. The Morgan fingerprint density at radius 2 is 2.06 bits per heavy atom. The highest BCUT2D eigenvalue weighted by Crippen LogP contribution is 2.24. The Morgan fingerprint density at radius 3 is 2.76 bits per heavy atom. The molecule has 0 amide bonds. The Morgan fingerprint density at radius 1 is 1.24 bits per heavy atom. The van der Waals surface area contributed by atoms with Crippen LogP contribution in [0.15, 0.2) is 42.0 Å². The number of hydrogen-bond acceptors (Lipinski definition) is 1. The molecule has 1 aromatic rings. The Labute approximate surface area is 117 Å². The maximum absolute atomic E-state index is 5.97. The zero-order valence-corrected chi connectivity index (χ0v) is 11.4. The first-order chi connectivity index (χ1) is 8.16. The predicted octanol–water partition coefficient (Wildman–Crippen LogP) is 5.00. The van der Waals surface area contributed by atoms with Crippen LogP contribution in [0.3, 0.4) is 0 Å². The van der Waals surface area contributed by atoms with Gasteiger partial charge in [-0.15, -0.1) is 0 Å². The van der Waals surface area contributed by atoms with Gasteiger partial charge in [0.2, 0.25) is 0 Å². The molecule has 3 heteroatoms. The average Bonchev–Trinajstić information content (AvgIpc) is 2.32. The van der Waals surface area contributed by atoms with Crippen molar-refractivity contribution in [1.82, 2.24) is 0 Å². The van der Waals surface area contributed by atoms with Crippen LogP contribution in [0.1, 0.15) is 12.0 Å². The summed E-state index contributed by atoms with van der Waals surface area (Å²) < 4.78 is 0. The molecule has 1 aliphatic carbocycles. The molecule has 2 rings (SSSR count). The molecule has 0 saturated carbocycles. The van der Waals surface area contributed by atoms with E-state index in [0.29, 0.717) is 10.0 Å². The van der Waals surface area contributed by atoms with Crippen molar-refractivity contribution in [3.05, 3.63) is 64.0 Å². The molecule has 0 spiro atoms. The van der Waals surface area contributed by atoms with Crippen molar-refractivity contribution >= 4 is 40.3 Å². The van der Waals surface area contributed by atoms with Crippen molar-refractivity contribution in [2.75, 3.05) is 0 Å². The van der Waals surface area contributed by atoms with Gasteiger partial charge < -0.3 is 0 Å². The fraction of sp³-hybridized carbons (Fsp3) is 0.143. The van der Waals surface area contributed by atoms with E-state index in [1.165, 1.54) is 0 Å². The van der Waals surface area contributed by atoms with E-state index in [9.17, 15) is 0 Å². The number of thiocarbonyl (C=S) groups is 1. The normalized spacial score (nSPS) is 14.9. The number of rotatable bonds is 3. The summed E-state index contributed by atoms with van der Waals surface area (Å²) in [6, 6.07) is 5.69. The molecule has 0 fully saturated rings. The van der Waals surface area contributed by atoms with Crippen molar-refractivity contribution in [3.63, 3.8) is 0 Å². The van der Waals surface area contributed by atoms with E-state index in [0.717, 1.165) is 28.8 Å². The molecule has 0 nitrogen and oxygen atoms in total. The van der Waals surface area contributed by atoms with Crippen LogP contribution in [0, 0.1) is 6.42 Å². The van der Waals surface area contributed by atoms with Crippen molar-refractivity contribution in [2.45, 2.75) is 12.8 Å². The van der Waals surface area contributed by atoms with Gasteiger partial charge in [0.1, 0.15) is 0 Å². The fourth-order valence-electron chi connectivity index (χ4n) is 1.63. The largest absolute Gasteiger partial charge is 0.0843 e. The quantitative estimate of drug-likeness (QED) is 0.703. The molecule has 0 saturated heterocycles. The van der Waals surface area contributed by atoms with Crippen molar-refractivity contribution in [3.8, 4) is 0 Å². The molecule has 1 aliphatic rings. The van der Waals surface area contributed by atoms with E-state index < -0.39 is 0 Å². The van der Waals surface area contributed by atoms with Gasteiger partial charge >= 0.3 is 0 Å². The monoisotopic (exact) mass is 281 g/mol. The van der Waals surface area contributed by atoms with Gasteiger partial charge in [-0.3, -0.25) is 0 Å². The van der Waals surface area contributed by atoms with Crippen molar-refractivity contribution in [2.24, 2.45) is 0 Å². The smallest absolute Gasteiger partial charge is 0.0595 e. The lowest BCUT2D eigenvalue weighted by molar-refractivity contribution is 1.17. The van der Waals surface area contributed by atoms with Crippen LogP contribution < -0.4 is 0 Å². The summed E-state index contributed by atoms with van der Waals surface area (Å²) in [6.45, 7) is 0. The van der Waals surface area contributed by atoms with Crippen molar-refractivity contribution < 1.29 is 0 Å². The topological polar surface area (TPSA) is 0 Å². The summed E-state index contributed by atoms with van der Waals surface area (Å²) in [5.74, 6) is 0. The highest BCUT2D eigenvalue weighted by molar-refractivity contribution is 7.80. The Balaban J connectivity index is 2.02. The van der Waals surface area contributed by atoms with E-state index in [4.69, 9.17) is 35.4 Å². The molecular weight excluding hydrogens is 271 g/mol. The van der Waals surface area contributed by atoms with E-state index in [1.54, 1.807) is 0 Å². The first-order valence-electron chi connectivity index (χ1n) is 5.34. The van der Waals surface area contributed by atoms with Crippen LogP contribution >= 0.6 is 35.4 Å². The number of halogens is 2. The van der Waals surface area contributed by atoms with E-state index >= 15 is 0 Å². The third-order valence-corrected chi connectivity index (χ3v) is 3.72. The van der Waals surface area contributed by atoms with Crippen LogP contribution in [0.2, 0.25) is 10.0 Å². The lowest BCUT2D eigenvalue weighted by atomic mass is 9.98. The summed E-state index contributed by atoms with van der Waals surface area (Å²) >= 11 is 17.1. The van der Waals surface area contributed by atoms with Gasteiger partial charge in [-0.2, -0.15) is 0 Å². The third kappa shape index (κ3) is 3.41. The maximum Gasteiger partial charge on any atom is 0.0595 e. The molecule has 17 heavy (non-hydrogen) atoms. The maximum atomic E-state index is 5.97. The molecule has 87 valence electrons. The molecule has 1 radical (unpaired) electrons. The van der Waals surface area contributed by atoms with Gasteiger partial charge in [-0.25, -0.2) is 0 Å². The molecular formula is C14H11Cl2S.